The molecule has 0 radical (unpaired) electrons. The van der Waals surface area contributed by atoms with Crippen LogP contribution in [0.2, 0.25) is 0 Å². The Morgan fingerprint density at radius 1 is 0.722 bits per heavy atom. The molecule has 10 heteroatoms. The summed E-state index contributed by atoms with van der Waals surface area (Å²) >= 11 is 0. The van der Waals surface area contributed by atoms with Crippen LogP contribution in [0.4, 0.5) is 0 Å². The highest BCUT2D eigenvalue weighted by molar-refractivity contribution is 7.86. The number of H-pyrrole nitrogens is 2. The topological polar surface area (TPSA) is 140 Å². The van der Waals surface area contributed by atoms with E-state index in [2.05, 4.69) is 9.97 Å². The van der Waals surface area contributed by atoms with Gasteiger partial charge >= 0.3 is 20.2 Å². The van der Waals surface area contributed by atoms with Crippen LogP contribution in [0.1, 0.15) is 0 Å². The molecule has 18 heavy (non-hydrogen) atoms. The molecule has 0 aliphatic carbocycles. The Morgan fingerprint density at radius 3 is 1.28 bits per heavy atom. The van der Waals surface area contributed by atoms with Gasteiger partial charge in [0.05, 0.1) is 11.4 Å². The lowest BCUT2D eigenvalue weighted by Crippen LogP contribution is -1.98. The molecule has 0 aliphatic heterocycles. The van der Waals surface area contributed by atoms with E-state index in [0.717, 1.165) is 12.1 Å². The molecule has 0 saturated heterocycles. The molecule has 4 N–H and O–H groups in total. The van der Waals surface area contributed by atoms with Gasteiger partial charge < -0.3 is 9.97 Å². The minimum Gasteiger partial charge on any atom is -0.342 e. The molecule has 0 atom stereocenters. The van der Waals surface area contributed by atoms with Gasteiger partial charge in [-0.2, -0.15) is 16.8 Å². The van der Waals surface area contributed by atoms with Crippen molar-refractivity contribution in [2.75, 3.05) is 0 Å². The zero-order chi connectivity index (χ0) is 13.6. The van der Waals surface area contributed by atoms with Crippen LogP contribution in [0.15, 0.2) is 34.3 Å². The lowest BCUT2D eigenvalue weighted by atomic mass is 10.3. The number of rotatable bonds is 3. The zero-order valence-corrected chi connectivity index (χ0v) is 10.3. The van der Waals surface area contributed by atoms with E-state index in [1.54, 1.807) is 0 Å². The maximum atomic E-state index is 10.8. The van der Waals surface area contributed by atoms with Crippen molar-refractivity contribution in [3.8, 4) is 11.4 Å². The molecule has 2 heterocycles. The van der Waals surface area contributed by atoms with Gasteiger partial charge in [0.1, 0.15) is 0 Å². The van der Waals surface area contributed by atoms with E-state index in [-0.39, 0.29) is 11.4 Å². The Morgan fingerprint density at radius 2 is 1.06 bits per heavy atom. The number of nitrogens with one attached hydrogen (secondary N) is 2. The summed E-state index contributed by atoms with van der Waals surface area (Å²) in [6, 6.07) is 4.92. The average Bonchev–Trinajstić information content (AvgIpc) is 2.84. The molecule has 0 unspecified atom stereocenters. The van der Waals surface area contributed by atoms with Crippen LogP contribution in [0.3, 0.4) is 0 Å². The van der Waals surface area contributed by atoms with Gasteiger partial charge in [0.15, 0.2) is 10.1 Å². The smallest absolute Gasteiger partial charge is 0.310 e. The van der Waals surface area contributed by atoms with Crippen LogP contribution < -0.4 is 0 Å². The lowest BCUT2D eigenvalue weighted by molar-refractivity contribution is 0.477. The van der Waals surface area contributed by atoms with Crippen LogP contribution in [0, 0.1) is 0 Å². The maximum Gasteiger partial charge on any atom is 0.310 e. The summed E-state index contributed by atoms with van der Waals surface area (Å²) < 4.78 is 60.8. The Balaban J connectivity index is 2.45. The first-order valence-corrected chi connectivity index (χ1v) is 7.39. The zero-order valence-electron chi connectivity index (χ0n) is 8.65. The second-order valence-electron chi connectivity index (χ2n) is 3.42. The molecule has 2 aromatic heterocycles. The summed E-state index contributed by atoms with van der Waals surface area (Å²) in [5.74, 6) is 0. The SMILES string of the molecule is O=S(=O)(O)c1ccc(-c2ccc(S(=O)(=O)O)[nH]2)[nH]1. The summed E-state index contributed by atoms with van der Waals surface area (Å²) in [7, 11) is -8.70. The van der Waals surface area contributed by atoms with Crippen LogP contribution in [-0.2, 0) is 20.2 Å². The quantitative estimate of drug-likeness (QED) is 0.607. The largest absolute Gasteiger partial charge is 0.342 e. The van der Waals surface area contributed by atoms with Gasteiger partial charge in [0.2, 0.25) is 0 Å². The van der Waals surface area contributed by atoms with Crippen molar-refractivity contribution in [2.45, 2.75) is 10.1 Å². The Kier molecular flexibility index (Phi) is 2.81. The van der Waals surface area contributed by atoms with E-state index < -0.39 is 30.3 Å². The molecule has 2 rings (SSSR count). The molecule has 2 aromatic rings. The summed E-state index contributed by atoms with van der Waals surface area (Å²) in [5, 5.41) is -0.832. The molecule has 8 nitrogen and oxygen atoms in total. The van der Waals surface area contributed by atoms with Crippen molar-refractivity contribution < 1.29 is 25.9 Å². The number of aromatic nitrogens is 2. The molecular formula is C8H8N2O6S2. The molecule has 0 spiro atoms. The van der Waals surface area contributed by atoms with Gasteiger partial charge in [-0.25, -0.2) is 0 Å². The maximum absolute atomic E-state index is 10.8. The van der Waals surface area contributed by atoms with Gasteiger partial charge in [0.25, 0.3) is 0 Å². The first-order valence-electron chi connectivity index (χ1n) is 4.51. The number of hydrogen-bond donors (Lipinski definition) is 4. The van der Waals surface area contributed by atoms with Gasteiger partial charge in [-0.3, -0.25) is 9.11 Å². The second kappa shape index (κ2) is 3.95. The number of hydrogen-bond acceptors (Lipinski definition) is 4. The van der Waals surface area contributed by atoms with Gasteiger partial charge in [-0.15, -0.1) is 0 Å². The first-order chi connectivity index (χ1) is 8.18. The molecule has 0 amide bonds. The predicted molar refractivity (Wildman–Crippen MR) is 60.2 cm³/mol. The summed E-state index contributed by atoms with van der Waals surface area (Å²) in [6.07, 6.45) is 0. The molecule has 98 valence electrons. The van der Waals surface area contributed by atoms with Crippen molar-refractivity contribution in [2.24, 2.45) is 0 Å². The first kappa shape index (κ1) is 12.8. The highest BCUT2D eigenvalue weighted by atomic mass is 32.2. The Hall–Kier alpha value is -1.62. The monoisotopic (exact) mass is 292 g/mol. The van der Waals surface area contributed by atoms with Crippen LogP contribution in [-0.4, -0.2) is 35.9 Å². The summed E-state index contributed by atoms with van der Waals surface area (Å²) in [5.41, 5.74) is 0.495. The summed E-state index contributed by atoms with van der Waals surface area (Å²) in [4.78, 5) is 4.78. The van der Waals surface area contributed by atoms with E-state index in [9.17, 15) is 16.8 Å². The second-order valence-corrected chi connectivity index (χ2v) is 6.20. The highest BCUT2D eigenvalue weighted by Gasteiger charge is 2.16. The molecule has 0 saturated carbocycles. The third-order valence-electron chi connectivity index (χ3n) is 2.16. The van der Waals surface area contributed by atoms with Crippen LogP contribution in [0.5, 0.6) is 0 Å². The fourth-order valence-corrected chi connectivity index (χ4v) is 2.32. The standard InChI is InChI=1S/C8H8N2O6S2/c11-17(12,13)7-3-1-5(9-7)6-2-4-8(10-6)18(14,15)16/h1-4,9-10H,(H,11,12,13)(H,14,15,16). The van der Waals surface area contributed by atoms with Crippen LogP contribution in [0.25, 0.3) is 11.4 Å². The molecule has 0 aromatic carbocycles. The van der Waals surface area contributed by atoms with Crippen molar-refractivity contribution >= 4 is 20.2 Å². The van der Waals surface area contributed by atoms with E-state index in [4.69, 9.17) is 9.11 Å². The van der Waals surface area contributed by atoms with Gasteiger partial charge in [-0.1, -0.05) is 0 Å². The van der Waals surface area contributed by atoms with E-state index in [0.29, 0.717) is 0 Å². The van der Waals surface area contributed by atoms with Crippen molar-refractivity contribution in [3.63, 3.8) is 0 Å². The minimum absolute atomic E-state index is 0.248. The Labute approximate surface area is 102 Å². The molecular weight excluding hydrogens is 284 g/mol. The molecule has 0 aliphatic rings. The molecule has 0 bridgehead atoms. The Bertz CT molecular complexity index is 715. The normalized spacial score (nSPS) is 12.8. The van der Waals surface area contributed by atoms with Gasteiger partial charge in [0, 0.05) is 0 Å². The minimum atomic E-state index is -4.35. The van der Waals surface area contributed by atoms with E-state index in [1.807, 2.05) is 0 Å². The average molecular weight is 292 g/mol. The predicted octanol–water partition coefficient (Wildman–Crippen LogP) is 0.503. The summed E-state index contributed by atoms with van der Waals surface area (Å²) in [6.45, 7) is 0. The third kappa shape index (κ3) is 2.46. The van der Waals surface area contributed by atoms with Crippen molar-refractivity contribution in [3.05, 3.63) is 24.3 Å². The van der Waals surface area contributed by atoms with Gasteiger partial charge in [-0.05, 0) is 24.3 Å². The van der Waals surface area contributed by atoms with Crippen LogP contribution >= 0.6 is 0 Å². The van der Waals surface area contributed by atoms with E-state index in [1.165, 1.54) is 12.1 Å². The van der Waals surface area contributed by atoms with E-state index >= 15 is 0 Å². The number of aromatic amines is 2. The molecule has 0 fully saturated rings. The lowest BCUT2D eigenvalue weighted by Gasteiger charge is -1.94. The fourth-order valence-electron chi connectivity index (χ4n) is 1.37. The van der Waals surface area contributed by atoms with Crippen molar-refractivity contribution in [1.29, 1.82) is 0 Å². The fraction of sp³-hybridized carbons (Fsp3) is 0. The highest BCUT2D eigenvalue weighted by Crippen LogP contribution is 2.21. The third-order valence-corrected chi connectivity index (χ3v) is 3.75. The van der Waals surface area contributed by atoms with Crippen molar-refractivity contribution in [1.82, 2.24) is 9.97 Å².